The van der Waals surface area contributed by atoms with E-state index >= 15 is 0 Å². The normalized spacial score (nSPS) is 11.1. The highest BCUT2D eigenvalue weighted by Crippen LogP contribution is 2.25. The molecular formula is C17H10ClN3O. The molecule has 4 rings (SSSR count). The second kappa shape index (κ2) is 4.93. The fourth-order valence-electron chi connectivity index (χ4n) is 2.45. The molecule has 0 atom stereocenters. The second-order valence-electron chi connectivity index (χ2n) is 4.91. The number of aromatic nitrogens is 3. The molecule has 0 bridgehead atoms. The Morgan fingerprint density at radius 3 is 2.50 bits per heavy atom. The van der Waals surface area contributed by atoms with Gasteiger partial charge in [0.1, 0.15) is 5.69 Å². The van der Waals surface area contributed by atoms with Crippen molar-refractivity contribution >= 4 is 28.2 Å². The van der Waals surface area contributed by atoms with Crippen molar-refractivity contribution in [1.29, 1.82) is 0 Å². The number of rotatable bonds is 1. The van der Waals surface area contributed by atoms with Crippen molar-refractivity contribution in [2.24, 2.45) is 0 Å². The number of hydrogen-bond donors (Lipinski definition) is 0. The van der Waals surface area contributed by atoms with Crippen molar-refractivity contribution < 1.29 is 0 Å². The van der Waals surface area contributed by atoms with Gasteiger partial charge in [-0.25, -0.2) is 4.98 Å². The van der Waals surface area contributed by atoms with Crippen LogP contribution in [0.1, 0.15) is 0 Å². The molecule has 0 saturated heterocycles. The van der Waals surface area contributed by atoms with Crippen molar-refractivity contribution in [1.82, 2.24) is 14.6 Å². The van der Waals surface area contributed by atoms with E-state index in [1.165, 1.54) is 4.52 Å². The van der Waals surface area contributed by atoms with E-state index < -0.39 is 0 Å². The molecule has 0 radical (unpaired) electrons. The minimum absolute atomic E-state index is 0.200. The maximum Gasteiger partial charge on any atom is 0.282 e. The van der Waals surface area contributed by atoms with Crippen molar-refractivity contribution in [2.75, 3.05) is 0 Å². The zero-order chi connectivity index (χ0) is 15.1. The zero-order valence-corrected chi connectivity index (χ0v) is 12.2. The smallest absolute Gasteiger partial charge is 0.267 e. The van der Waals surface area contributed by atoms with Crippen LogP contribution in [0.2, 0.25) is 5.02 Å². The molecule has 2 aromatic carbocycles. The summed E-state index contributed by atoms with van der Waals surface area (Å²) >= 11 is 6.32. The minimum atomic E-state index is -0.200. The van der Waals surface area contributed by atoms with Gasteiger partial charge in [-0.15, -0.1) is 0 Å². The molecule has 0 aliphatic heterocycles. The number of hydrogen-bond acceptors (Lipinski definition) is 3. The fourth-order valence-corrected chi connectivity index (χ4v) is 2.70. The maximum absolute atomic E-state index is 12.6. The van der Waals surface area contributed by atoms with Crippen LogP contribution in [0.15, 0.2) is 65.5 Å². The minimum Gasteiger partial charge on any atom is -0.267 e. The molecule has 0 unspecified atom stereocenters. The van der Waals surface area contributed by atoms with Gasteiger partial charge in [-0.2, -0.15) is 9.61 Å². The third-order valence-electron chi connectivity index (χ3n) is 3.51. The van der Waals surface area contributed by atoms with Crippen molar-refractivity contribution in [2.45, 2.75) is 0 Å². The Bertz CT molecular complexity index is 1060. The van der Waals surface area contributed by atoms with Gasteiger partial charge < -0.3 is 0 Å². The van der Waals surface area contributed by atoms with Crippen LogP contribution >= 0.6 is 11.6 Å². The third-order valence-corrected chi connectivity index (χ3v) is 3.80. The van der Waals surface area contributed by atoms with Gasteiger partial charge in [0.25, 0.3) is 5.56 Å². The molecular weight excluding hydrogens is 298 g/mol. The summed E-state index contributed by atoms with van der Waals surface area (Å²) in [7, 11) is 0. The first kappa shape index (κ1) is 13.0. The summed E-state index contributed by atoms with van der Waals surface area (Å²) in [6.45, 7) is 0. The van der Waals surface area contributed by atoms with Crippen LogP contribution < -0.4 is 5.56 Å². The molecule has 0 amide bonds. The first-order valence-corrected chi connectivity index (χ1v) is 7.15. The molecule has 0 spiro atoms. The molecule has 2 heterocycles. The van der Waals surface area contributed by atoms with Crippen LogP contribution in [0.5, 0.6) is 0 Å². The van der Waals surface area contributed by atoms with Crippen LogP contribution in [-0.4, -0.2) is 14.6 Å². The number of nitrogens with zero attached hydrogens (tertiary/aromatic N) is 3. The van der Waals surface area contributed by atoms with Crippen LogP contribution in [0, 0.1) is 0 Å². The van der Waals surface area contributed by atoms with E-state index in [9.17, 15) is 4.79 Å². The van der Waals surface area contributed by atoms with Crippen LogP contribution in [0.25, 0.3) is 27.8 Å². The summed E-state index contributed by atoms with van der Waals surface area (Å²) in [6.07, 6.45) is 0. The van der Waals surface area contributed by atoms with E-state index in [1.807, 2.05) is 42.5 Å². The summed E-state index contributed by atoms with van der Waals surface area (Å²) in [5.74, 6) is 0. The molecule has 22 heavy (non-hydrogen) atoms. The maximum atomic E-state index is 12.6. The van der Waals surface area contributed by atoms with Gasteiger partial charge in [0.05, 0.1) is 15.9 Å². The first-order chi connectivity index (χ1) is 10.7. The van der Waals surface area contributed by atoms with Crippen LogP contribution in [-0.2, 0) is 0 Å². The lowest BCUT2D eigenvalue weighted by Crippen LogP contribution is -2.18. The average Bonchev–Trinajstić information content (AvgIpc) is 2.55. The lowest BCUT2D eigenvalue weighted by molar-refractivity contribution is 0.887. The molecule has 2 aromatic heterocycles. The lowest BCUT2D eigenvalue weighted by atomic mass is 10.1. The highest BCUT2D eigenvalue weighted by Gasteiger charge is 2.11. The van der Waals surface area contributed by atoms with Gasteiger partial charge in [0, 0.05) is 11.6 Å². The predicted octanol–water partition coefficient (Wildman–Crippen LogP) is 3.56. The molecule has 0 fully saturated rings. The Hall–Kier alpha value is -2.72. The van der Waals surface area contributed by atoms with Crippen molar-refractivity contribution in [3.05, 3.63) is 76.0 Å². The van der Waals surface area contributed by atoms with Gasteiger partial charge in [-0.05, 0) is 12.1 Å². The first-order valence-electron chi connectivity index (χ1n) is 6.78. The molecule has 5 heteroatoms. The Morgan fingerprint density at radius 1 is 0.955 bits per heavy atom. The van der Waals surface area contributed by atoms with Crippen molar-refractivity contribution in [3.63, 3.8) is 0 Å². The van der Waals surface area contributed by atoms with Gasteiger partial charge in [0.15, 0.2) is 5.65 Å². The molecule has 0 aliphatic rings. The predicted molar refractivity (Wildman–Crippen MR) is 87.2 cm³/mol. The van der Waals surface area contributed by atoms with Gasteiger partial charge in [-0.1, -0.05) is 54.1 Å². The topological polar surface area (TPSA) is 47.3 Å². The van der Waals surface area contributed by atoms with Crippen LogP contribution in [0.4, 0.5) is 0 Å². The quantitative estimate of drug-likeness (QED) is 0.505. The summed E-state index contributed by atoms with van der Waals surface area (Å²) in [5, 5.41) is 5.41. The van der Waals surface area contributed by atoms with Crippen molar-refractivity contribution in [3.8, 4) is 11.3 Å². The van der Waals surface area contributed by atoms with E-state index in [2.05, 4.69) is 10.1 Å². The summed E-state index contributed by atoms with van der Waals surface area (Å²) in [5.41, 5.74) is 2.30. The molecule has 4 aromatic rings. The molecule has 0 N–H and O–H groups in total. The highest BCUT2D eigenvalue weighted by atomic mass is 35.5. The monoisotopic (exact) mass is 307 g/mol. The standard InChI is InChI=1S/C17H10ClN3O/c18-13-10-15-19-14-9-5-4-8-12(14)17(22)21(15)20-16(13)11-6-2-1-3-7-11/h1-10H. The van der Waals surface area contributed by atoms with E-state index in [4.69, 9.17) is 11.6 Å². The molecule has 0 aliphatic carbocycles. The largest absolute Gasteiger partial charge is 0.282 e. The average molecular weight is 308 g/mol. The Kier molecular flexibility index (Phi) is 2.91. The third kappa shape index (κ3) is 1.96. The van der Waals surface area contributed by atoms with Gasteiger partial charge >= 0.3 is 0 Å². The number of para-hydroxylation sites is 1. The van der Waals surface area contributed by atoms with E-state index in [0.29, 0.717) is 27.3 Å². The van der Waals surface area contributed by atoms with E-state index in [0.717, 1.165) is 5.56 Å². The Balaban J connectivity index is 2.11. The summed E-state index contributed by atoms with van der Waals surface area (Å²) in [6, 6.07) is 18.4. The Morgan fingerprint density at radius 2 is 1.68 bits per heavy atom. The molecule has 106 valence electrons. The van der Waals surface area contributed by atoms with Crippen LogP contribution in [0.3, 0.4) is 0 Å². The summed E-state index contributed by atoms with van der Waals surface area (Å²) in [4.78, 5) is 17.1. The zero-order valence-electron chi connectivity index (χ0n) is 11.4. The number of halogens is 1. The lowest BCUT2D eigenvalue weighted by Gasteiger charge is -2.07. The van der Waals surface area contributed by atoms with Gasteiger partial charge in [0.2, 0.25) is 0 Å². The second-order valence-corrected chi connectivity index (χ2v) is 5.32. The summed E-state index contributed by atoms with van der Waals surface area (Å²) < 4.78 is 1.30. The Labute approximate surface area is 130 Å². The fraction of sp³-hybridized carbons (Fsp3) is 0. The van der Waals surface area contributed by atoms with E-state index in [-0.39, 0.29) is 5.56 Å². The number of benzene rings is 2. The number of fused-ring (bicyclic) bond motifs is 2. The highest BCUT2D eigenvalue weighted by molar-refractivity contribution is 6.33. The molecule has 0 saturated carbocycles. The SMILES string of the molecule is O=c1c2ccccc2nc2cc(Cl)c(-c3ccccc3)nn12. The molecule has 4 nitrogen and oxygen atoms in total. The van der Waals surface area contributed by atoms with E-state index in [1.54, 1.807) is 18.2 Å². The van der Waals surface area contributed by atoms with Gasteiger partial charge in [-0.3, -0.25) is 4.79 Å².